The zero-order valence-electron chi connectivity index (χ0n) is 18.0. The second kappa shape index (κ2) is 8.23. The molecule has 2 heterocycles. The lowest BCUT2D eigenvalue weighted by Gasteiger charge is -2.19. The van der Waals surface area contributed by atoms with Crippen molar-refractivity contribution in [1.82, 2.24) is 15.0 Å². The van der Waals surface area contributed by atoms with E-state index in [0.29, 0.717) is 22.6 Å². The van der Waals surface area contributed by atoms with E-state index in [0.717, 1.165) is 12.1 Å². The third-order valence-corrected chi connectivity index (χ3v) is 5.26. The molecule has 0 aliphatic heterocycles. The number of carboxylic acid groups (broad SMARTS) is 1. The van der Waals surface area contributed by atoms with Gasteiger partial charge in [0, 0.05) is 29.5 Å². The Balaban J connectivity index is 1.59. The minimum atomic E-state index is -1.07. The van der Waals surface area contributed by atoms with Crippen molar-refractivity contribution >= 4 is 17.0 Å². The minimum absolute atomic E-state index is 0.0514. The maximum Gasteiger partial charge on any atom is 0.312 e. The molecule has 0 aliphatic rings. The lowest BCUT2D eigenvalue weighted by atomic mass is 9.95. The van der Waals surface area contributed by atoms with E-state index >= 15 is 0 Å². The van der Waals surface area contributed by atoms with Gasteiger partial charge in [-0.2, -0.15) is 0 Å². The molecule has 0 atom stereocenters. The third kappa shape index (κ3) is 4.39. The maximum atomic E-state index is 14.9. The number of pyridine rings is 1. The summed E-state index contributed by atoms with van der Waals surface area (Å²) in [5.41, 5.74) is 1.38. The van der Waals surface area contributed by atoms with Crippen LogP contribution in [0.3, 0.4) is 0 Å². The van der Waals surface area contributed by atoms with Gasteiger partial charge in [0.1, 0.15) is 18.2 Å². The fraction of sp³-hybridized carbons (Fsp3) is 0.208. The van der Waals surface area contributed by atoms with E-state index < -0.39 is 28.8 Å². The maximum absolute atomic E-state index is 14.9. The molecule has 6 nitrogen and oxygen atoms in total. The molecule has 0 unspecified atom stereocenters. The highest BCUT2D eigenvalue weighted by molar-refractivity contribution is 5.80. The van der Waals surface area contributed by atoms with Gasteiger partial charge in [0.15, 0.2) is 11.6 Å². The van der Waals surface area contributed by atoms with Crippen molar-refractivity contribution in [2.45, 2.75) is 20.8 Å². The fourth-order valence-electron chi connectivity index (χ4n) is 3.20. The first-order chi connectivity index (χ1) is 15.5. The Morgan fingerprint density at radius 1 is 1.06 bits per heavy atom. The lowest BCUT2D eigenvalue weighted by Crippen LogP contribution is -2.31. The van der Waals surface area contributed by atoms with Crippen LogP contribution in [0.4, 0.5) is 13.2 Å². The molecule has 0 amide bonds. The van der Waals surface area contributed by atoms with Crippen LogP contribution in [0.2, 0.25) is 0 Å². The zero-order chi connectivity index (χ0) is 23.9. The van der Waals surface area contributed by atoms with Crippen LogP contribution in [0, 0.1) is 29.8 Å². The van der Waals surface area contributed by atoms with Gasteiger partial charge in [0.2, 0.25) is 5.88 Å². The second-order valence-corrected chi connectivity index (χ2v) is 8.39. The Hall–Kier alpha value is -3.88. The number of imidazole rings is 1. The Kier molecular flexibility index (Phi) is 5.57. The molecule has 4 rings (SSSR count). The first-order valence-electron chi connectivity index (χ1n) is 10.0. The molecule has 0 aliphatic carbocycles. The van der Waals surface area contributed by atoms with Crippen molar-refractivity contribution in [2.24, 2.45) is 5.41 Å². The summed E-state index contributed by atoms with van der Waals surface area (Å²) >= 11 is 0. The number of ether oxygens (including phenoxy) is 1. The number of fused-ring (bicyclic) bond motifs is 1. The van der Waals surface area contributed by atoms with Gasteiger partial charge in [-0.1, -0.05) is 6.07 Å². The summed E-state index contributed by atoms with van der Waals surface area (Å²) in [6, 6.07) is 8.20. The topological polar surface area (TPSA) is 88.1 Å². The van der Waals surface area contributed by atoms with E-state index in [-0.39, 0.29) is 29.0 Å². The Bertz CT molecular complexity index is 1340. The van der Waals surface area contributed by atoms with Crippen LogP contribution < -0.4 is 4.74 Å². The molecule has 4 aromatic rings. The number of hydrogen-bond acceptors (Lipinski definition) is 4. The van der Waals surface area contributed by atoms with E-state index in [1.54, 1.807) is 32.9 Å². The van der Waals surface area contributed by atoms with Crippen LogP contribution in [0.15, 0.2) is 42.6 Å². The highest BCUT2D eigenvalue weighted by atomic mass is 19.2. The largest absolute Gasteiger partial charge is 0.481 e. The smallest absolute Gasteiger partial charge is 0.312 e. The molecule has 0 saturated carbocycles. The molecule has 9 heteroatoms. The van der Waals surface area contributed by atoms with Crippen molar-refractivity contribution in [1.29, 1.82) is 0 Å². The standard InChI is InChI=1S/C24H20F3N3O3/c1-12-6-14(10-28-22(12)33-11-24(2,3)23(31)32)13-4-5-15(16(25)7-13)21-29-19-8-17(26)18(27)9-20(19)30-21/h4-10H,11H2,1-3H3,(H,29,30)(H,31,32). The minimum Gasteiger partial charge on any atom is -0.481 e. The highest BCUT2D eigenvalue weighted by Gasteiger charge is 2.28. The van der Waals surface area contributed by atoms with Gasteiger partial charge in [-0.05, 0) is 44.5 Å². The van der Waals surface area contributed by atoms with Crippen LogP contribution in [0.25, 0.3) is 33.5 Å². The Morgan fingerprint density at radius 2 is 1.79 bits per heavy atom. The van der Waals surface area contributed by atoms with Gasteiger partial charge in [0.25, 0.3) is 0 Å². The SMILES string of the molecule is Cc1cc(-c2ccc(-c3nc4cc(F)c(F)cc4[nH]3)c(F)c2)cnc1OCC(C)(C)C(=O)O. The van der Waals surface area contributed by atoms with Crippen LogP contribution in [-0.4, -0.2) is 32.6 Å². The third-order valence-electron chi connectivity index (χ3n) is 5.26. The number of halogens is 3. The number of hydrogen-bond donors (Lipinski definition) is 2. The number of aliphatic carboxylic acids is 1. The number of H-pyrrole nitrogens is 1. The summed E-state index contributed by atoms with van der Waals surface area (Å²) in [5.74, 6) is -3.15. The normalized spacial score (nSPS) is 11.7. The first kappa shape index (κ1) is 22.3. The van der Waals surface area contributed by atoms with Crippen LogP contribution >= 0.6 is 0 Å². The molecule has 0 saturated heterocycles. The number of rotatable bonds is 6. The molecule has 2 aromatic heterocycles. The number of carbonyl (C=O) groups is 1. The molecule has 0 radical (unpaired) electrons. The fourth-order valence-corrected chi connectivity index (χ4v) is 3.20. The van der Waals surface area contributed by atoms with Gasteiger partial charge in [-0.3, -0.25) is 4.79 Å². The lowest BCUT2D eigenvalue weighted by molar-refractivity contribution is -0.148. The Labute approximate surface area is 187 Å². The molecule has 0 bridgehead atoms. The number of carboxylic acids is 1. The number of benzene rings is 2. The van der Waals surface area contributed by atoms with Crippen LogP contribution in [0.5, 0.6) is 5.88 Å². The summed E-state index contributed by atoms with van der Waals surface area (Å²) < 4.78 is 47.4. The van der Waals surface area contributed by atoms with E-state index in [4.69, 9.17) is 4.74 Å². The van der Waals surface area contributed by atoms with Crippen LogP contribution in [-0.2, 0) is 4.79 Å². The highest BCUT2D eigenvalue weighted by Crippen LogP contribution is 2.30. The molecule has 33 heavy (non-hydrogen) atoms. The van der Waals surface area contributed by atoms with Gasteiger partial charge in [0.05, 0.1) is 22.0 Å². The molecular formula is C24H20F3N3O3. The average Bonchev–Trinajstić information content (AvgIpc) is 3.15. The number of nitrogens with one attached hydrogen (secondary N) is 1. The summed E-state index contributed by atoms with van der Waals surface area (Å²) in [5, 5.41) is 9.20. The molecule has 2 N–H and O–H groups in total. The van der Waals surface area contributed by atoms with Crippen molar-refractivity contribution in [3.63, 3.8) is 0 Å². The number of aryl methyl sites for hydroxylation is 1. The monoisotopic (exact) mass is 455 g/mol. The van der Waals surface area contributed by atoms with Gasteiger partial charge >= 0.3 is 5.97 Å². The van der Waals surface area contributed by atoms with Gasteiger partial charge in [-0.15, -0.1) is 0 Å². The van der Waals surface area contributed by atoms with Crippen molar-refractivity contribution in [3.8, 4) is 28.4 Å². The molecular weight excluding hydrogens is 435 g/mol. The Morgan fingerprint density at radius 3 is 2.45 bits per heavy atom. The number of nitrogens with zero attached hydrogens (tertiary/aromatic N) is 2. The molecule has 170 valence electrons. The zero-order valence-corrected chi connectivity index (χ0v) is 18.0. The predicted molar refractivity (Wildman–Crippen MR) is 116 cm³/mol. The predicted octanol–water partition coefficient (Wildman–Crippen LogP) is 5.51. The summed E-state index contributed by atoms with van der Waals surface area (Å²) in [7, 11) is 0. The number of aromatic nitrogens is 3. The van der Waals surface area contributed by atoms with Crippen molar-refractivity contribution in [2.75, 3.05) is 6.61 Å². The quantitative estimate of drug-likeness (QED) is 0.400. The molecule has 0 spiro atoms. The van der Waals surface area contributed by atoms with Gasteiger partial charge in [-0.25, -0.2) is 23.1 Å². The summed E-state index contributed by atoms with van der Waals surface area (Å²) in [4.78, 5) is 22.4. The summed E-state index contributed by atoms with van der Waals surface area (Å²) in [6.07, 6.45) is 1.51. The van der Waals surface area contributed by atoms with E-state index in [2.05, 4.69) is 15.0 Å². The average molecular weight is 455 g/mol. The van der Waals surface area contributed by atoms with Crippen molar-refractivity contribution < 1.29 is 27.8 Å². The van der Waals surface area contributed by atoms with Crippen LogP contribution in [0.1, 0.15) is 19.4 Å². The van der Waals surface area contributed by atoms with Crippen molar-refractivity contribution in [3.05, 3.63) is 65.6 Å². The first-order valence-corrected chi connectivity index (χ1v) is 10.0. The molecule has 2 aromatic carbocycles. The summed E-state index contributed by atoms with van der Waals surface area (Å²) in [6.45, 7) is 4.82. The van der Waals surface area contributed by atoms with E-state index in [1.165, 1.54) is 18.3 Å². The van der Waals surface area contributed by atoms with E-state index in [1.807, 2.05) is 0 Å². The second-order valence-electron chi connectivity index (χ2n) is 8.39. The van der Waals surface area contributed by atoms with Gasteiger partial charge < -0.3 is 14.8 Å². The van der Waals surface area contributed by atoms with E-state index in [9.17, 15) is 23.1 Å². The number of aromatic amines is 1. The molecule has 0 fully saturated rings.